The number of hydrogen-bond donors (Lipinski definition) is 1. The molecule has 0 aromatic rings. The molecule has 0 heterocycles. The molecule has 0 radical (unpaired) electrons. The van der Waals surface area contributed by atoms with Gasteiger partial charge in [-0.15, -0.1) is 0 Å². The van der Waals surface area contributed by atoms with E-state index < -0.39 is 24.5 Å². The van der Waals surface area contributed by atoms with Crippen LogP contribution in [0.4, 0.5) is 4.79 Å². The summed E-state index contributed by atoms with van der Waals surface area (Å²) in [5.74, 6) is -0.0727. The first-order valence-corrected chi connectivity index (χ1v) is 19.0. The van der Waals surface area contributed by atoms with Gasteiger partial charge in [0.1, 0.15) is 0 Å². The maximum absolute atomic E-state index is 12.5. The van der Waals surface area contributed by atoms with Gasteiger partial charge in [-0.25, -0.2) is 0 Å². The number of carbonyl (C=O) groups is 2. The third kappa shape index (κ3) is 9.75. The van der Waals surface area contributed by atoms with E-state index in [1.807, 2.05) is 0 Å². The fourth-order valence-electron chi connectivity index (χ4n) is 4.06. The van der Waals surface area contributed by atoms with E-state index in [9.17, 15) is 9.59 Å². The average molecular weight is 518 g/mol. The molecule has 1 N–H and O–H groups in total. The zero-order valence-corrected chi connectivity index (χ0v) is 22.8. The van der Waals surface area contributed by atoms with Crippen LogP contribution in [0.5, 0.6) is 0 Å². The van der Waals surface area contributed by atoms with Gasteiger partial charge < -0.3 is 0 Å². The van der Waals surface area contributed by atoms with Crippen molar-refractivity contribution in [2.24, 2.45) is 5.92 Å². The third-order valence-electron chi connectivity index (χ3n) is 6.12. The molecule has 5 nitrogen and oxygen atoms in total. The van der Waals surface area contributed by atoms with E-state index in [-0.39, 0.29) is 17.9 Å². The molecular formula is C23H45NO4Sn. The molecule has 0 saturated carbocycles. The summed E-state index contributed by atoms with van der Waals surface area (Å²) >= 11 is -2.96. The third-order valence-corrected chi connectivity index (χ3v) is 22.1. The van der Waals surface area contributed by atoms with E-state index >= 15 is 0 Å². The number of alkyl carbamates (subject to hydrolysis) is 1. The second kappa shape index (κ2) is 16.0. The number of unbranched alkanes of at least 4 members (excludes halogenated alkanes) is 3. The molecule has 1 amide bonds. The molecule has 2 atom stereocenters. The van der Waals surface area contributed by atoms with E-state index in [1.165, 1.54) is 50.4 Å². The van der Waals surface area contributed by atoms with Crippen molar-refractivity contribution in [2.75, 3.05) is 14.2 Å². The van der Waals surface area contributed by atoms with E-state index in [2.05, 4.69) is 39.9 Å². The second-order valence-corrected chi connectivity index (χ2v) is 21.5. The molecular weight excluding hydrogens is 473 g/mol. The van der Waals surface area contributed by atoms with E-state index in [0.717, 1.165) is 25.7 Å². The number of hydrogen-bond acceptors (Lipinski definition) is 4. The number of nitrogens with one attached hydrogen (secondary N) is 1. The van der Waals surface area contributed by atoms with Crippen LogP contribution in [-0.2, 0) is 14.3 Å². The molecule has 1 unspecified atom stereocenters. The topological polar surface area (TPSA) is 64.6 Å². The minimum atomic E-state index is -2.96. The molecule has 0 aliphatic rings. The van der Waals surface area contributed by atoms with Crippen molar-refractivity contribution in [3.8, 4) is 0 Å². The Labute approximate surface area is 183 Å². The van der Waals surface area contributed by atoms with Crippen LogP contribution in [0.1, 0.15) is 79.6 Å². The van der Waals surface area contributed by atoms with Gasteiger partial charge in [-0.2, -0.15) is 0 Å². The van der Waals surface area contributed by atoms with Gasteiger partial charge in [-0.3, -0.25) is 0 Å². The molecule has 6 heteroatoms. The van der Waals surface area contributed by atoms with Gasteiger partial charge in [0.25, 0.3) is 0 Å². The van der Waals surface area contributed by atoms with E-state index in [4.69, 9.17) is 9.47 Å². The van der Waals surface area contributed by atoms with Gasteiger partial charge in [0.2, 0.25) is 0 Å². The summed E-state index contributed by atoms with van der Waals surface area (Å²) in [6, 6.07) is -0.159. The molecule has 0 saturated heterocycles. The van der Waals surface area contributed by atoms with Crippen molar-refractivity contribution in [1.82, 2.24) is 5.32 Å². The van der Waals surface area contributed by atoms with Crippen LogP contribution in [0.2, 0.25) is 13.3 Å². The predicted octanol–water partition coefficient (Wildman–Crippen LogP) is 6.24. The second-order valence-electron chi connectivity index (χ2n) is 8.21. The van der Waals surface area contributed by atoms with Gasteiger partial charge >= 0.3 is 184 Å². The molecule has 29 heavy (non-hydrogen) atoms. The molecule has 0 rings (SSSR count). The van der Waals surface area contributed by atoms with Gasteiger partial charge in [0.15, 0.2) is 0 Å². The van der Waals surface area contributed by atoms with Gasteiger partial charge in [0, 0.05) is 0 Å². The Morgan fingerprint density at radius 3 is 1.72 bits per heavy atom. The first kappa shape index (κ1) is 28.3. The molecule has 0 aliphatic carbocycles. The standard InChI is InChI=1S/C11H18NO4.3C4H9.Sn/c1-5-8(2)9(12-11(14)16-4)6-7-10(13)15-3;3*1-3-4-2;/h7-9H,5H2,1-4H3,(H,12,14);3*1,3-4H2,2H3;/t8?,9-;;;;/m1..../s1. The zero-order chi connectivity index (χ0) is 22.3. The Morgan fingerprint density at radius 2 is 1.38 bits per heavy atom. The molecule has 0 aromatic heterocycles. The Kier molecular flexibility index (Phi) is 15.6. The Morgan fingerprint density at radius 1 is 0.897 bits per heavy atom. The number of rotatable bonds is 15. The fraction of sp³-hybridized carbons (Fsp3) is 0.826. The summed E-state index contributed by atoms with van der Waals surface area (Å²) in [5.41, 5.74) is 0. The molecule has 0 fully saturated rings. The summed E-state index contributed by atoms with van der Waals surface area (Å²) in [4.78, 5) is 24.7. The summed E-state index contributed by atoms with van der Waals surface area (Å²) in [7, 11) is 2.83. The summed E-state index contributed by atoms with van der Waals surface area (Å²) in [5, 5.41) is 3.10. The fourth-order valence-corrected chi connectivity index (χ4v) is 21.6. The van der Waals surface area contributed by atoms with Crippen molar-refractivity contribution in [2.45, 2.75) is 98.9 Å². The van der Waals surface area contributed by atoms with Crippen LogP contribution in [0.15, 0.2) is 9.67 Å². The number of esters is 1. The van der Waals surface area contributed by atoms with Crippen LogP contribution in [0, 0.1) is 5.92 Å². The summed E-state index contributed by atoms with van der Waals surface area (Å²) in [6.07, 6.45) is 9.28. The monoisotopic (exact) mass is 519 g/mol. The van der Waals surface area contributed by atoms with Crippen LogP contribution >= 0.6 is 0 Å². The molecule has 170 valence electrons. The molecule has 0 aliphatic heterocycles. The molecule has 0 bridgehead atoms. The van der Waals surface area contributed by atoms with Gasteiger partial charge in [0.05, 0.1) is 0 Å². The van der Waals surface area contributed by atoms with Crippen molar-refractivity contribution in [3.63, 3.8) is 0 Å². The predicted molar refractivity (Wildman–Crippen MR) is 124 cm³/mol. The Balaban J connectivity index is 6.51. The summed E-state index contributed by atoms with van der Waals surface area (Å²) in [6.45, 7) is 11.0. The van der Waals surface area contributed by atoms with Gasteiger partial charge in [-0.1, -0.05) is 0 Å². The van der Waals surface area contributed by atoms with Crippen molar-refractivity contribution in [1.29, 1.82) is 0 Å². The normalized spacial score (nSPS) is 14.2. The quantitative estimate of drug-likeness (QED) is 0.158. The first-order valence-electron chi connectivity index (χ1n) is 11.5. The first-order chi connectivity index (χ1) is 13.8. The summed E-state index contributed by atoms with van der Waals surface area (Å²) < 4.78 is 14.9. The minimum absolute atomic E-state index is 0.159. The average Bonchev–Trinajstić information content (AvgIpc) is 2.74. The van der Waals surface area contributed by atoms with Gasteiger partial charge in [-0.05, 0) is 0 Å². The SMILES string of the molecule is CCC[CH2][Sn]([CH2]CCC)([CH2]CCC)/[C](=C\C(=O)OC)[C@@H](NC(=O)OC)C(C)CC. The Bertz CT molecular complexity index is 485. The molecule has 0 aromatic carbocycles. The number of ether oxygens (including phenoxy) is 2. The van der Waals surface area contributed by atoms with E-state index in [0.29, 0.717) is 0 Å². The van der Waals surface area contributed by atoms with Crippen molar-refractivity contribution in [3.05, 3.63) is 9.67 Å². The van der Waals surface area contributed by atoms with Crippen LogP contribution < -0.4 is 5.32 Å². The molecule has 0 spiro atoms. The van der Waals surface area contributed by atoms with E-state index in [1.54, 1.807) is 6.08 Å². The van der Waals surface area contributed by atoms with Crippen molar-refractivity contribution < 1.29 is 19.1 Å². The zero-order valence-electron chi connectivity index (χ0n) is 19.9. The van der Waals surface area contributed by atoms with Crippen LogP contribution in [-0.4, -0.2) is 50.7 Å². The van der Waals surface area contributed by atoms with Crippen LogP contribution in [0.3, 0.4) is 0 Å². The number of methoxy groups -OCH3 is 2. The maximum atomic E-state index is 12.5. The Hall–Kier alpha value is -0.721. The number of carbonyl (C=O) groups excluding carboxylic acids is 2. The van der Waals surface area contributed by atoms with Crippen molar-refractivity contribution >= 4 is 30.4 Å². The van der Waals surface area contributed by atoms with Crippen LogP contribution in [0.25, 0.3) is 0 Å². The number of amides is 1.